The molecule has 0 fully saturated rings. The Morgan fingerprint density at radius 1 is 1.08 bits per heavy atom. The summed E-state index contributed by atoms with van der Waals surface area (Å²) in [5, 5.41) is 7.18. The van der Waals surface area contributed by atoms with E-state index in [1.54, 1.807) is 6.07 Å². The van der Waals surface area contributed by atoms with Crippen molar-refractivity contribution in [3.63, 3.8) is 0 Å². The molecule has 1 heterocycles. The van der Waals surface area contributed by atoms with Crippen molar-refractivity contribution in [2.45, 2.75) is 27.3 Å². The van der Waals surface area contributed by atoms with Crippen LogP contribution in [0.2, 0.25) is 0 Å². The molecule has 1 aromatic heterocycles. The monoisotopic (exact) mass is 358 g/mol. The molecule has 3 rings (SSSR count). The number of para-hydroxylation sites is 1. The van der Waals surface area contributed by atoms with Crippen LogP contribution in [0.3, 0.4) is 0 Å². The van der Waals surface area contributed by atoms with Crippen LogP contribution in [0.1, 0.15) is 34.2 Å². The molecule has 0 bridgehead atoms. The van der Waals surface area contributed by atoms with Crippen molar-refractivity contribution in [1.82, 2.24) is 5.32 Å². The molecule has 2 aromatic carbocycles. The van der Waals surface area contributed by atoms with Gasteiger partial charge in [0.25, 0.3) is 5.91 Å². The smallest absolute Gasteiger partial charge is 0.291 e. The van der Waals surface area contributed by atoms with Gasteiger partial charge in [-0.3, -0.25) is 4.79 Å². The fourth-order valence-corrected chi connectivity index (χ4v) is 2.65. The van der Waals surface area contributed by atoms with Gasteiger partial charge in [-0.1, -0.05) is 25.1 Å². The van der Waals surface area contributed by atoms with Crippen LogP contribution in [0.25, 0.3) is 11.0 Å². The number of nitrogens with one attached hydrogen (secondary N) is 2. The van der Waals surface area contributed by atoms with Gasteiger partial charge in [0.2, 0.25) is 0 Å². The zero-order valence-corrected chi connectivity index (χ0v) is 15.5. The predicted molar refractivity (Wildman–Crippen MR) is 105 cm³/mol. The van der Waals surface area contributed by atoms with Crippen LogP contribution in [-0.2, 0) is 6.54 Å². The summed E-state index contributed by atoms with van der Waals surface area (Å²) in [6, 6.07) is 13.6. The average Bonchev–Trinajstić information content (AvgIpc) is 2.97. The van der Waals surface area contributed by atoms with Gasteiger partial charge in [-0.25, -0.2) is 0 Å². The number of furan rings is 1. The third kappa shape index (κ3) is 4.21. The minimum absolute atomic E-state index is 0. The Balaban J connectivity index is 0.00000225. The van der Waals surface area contributed by atoms with Gasteiger partial charge in [-0.05, 0) is 61.3 Å². The summed E-state index contributed by atoms with van der Waals surface area (Å²) in [4.78, 5) is 12.6. The number of hydrogen-bond acceptors (Lipinski definition) is 3. The highest BCUT2D eigenvalue weighted by Crippen LogP contribution is 2.24. The summed E-state index contributed by atoms with van der Waals surface area (Å²) in [7, 11) is 0. The van der Waals surface area contributed by atoms with Crippen molar-refractivity contribution < 1.29 is 9.21 Å². The van der Waals surface area contributed by atoms with E-state index in [9.17, 15) is 4.79 Å². The molecular formula is C20H23ClN2O2. The molecule has 0 unspecified atom stereocenters. The molecular weight excluding hydrogens is 336 g/mol. The van der Waals surface area contributed by atoms with E-state index in [0.717, 1.165) is 34.3 Å². The number of rotatable bonds is 5. The van der Waals surface area contributed by atoms with Crippen LogP contribution in [0.5, 0.6) is 0 Å². The minimum Gasteiger partial charge on any atom is -0.451 e. The second-order valence-electron chi connectivity index (χ2n) is 5.98. The molecule has 0 atom stereocenters. The predicted octanol–water partition coefficient (Wildman–Crippen LogP) is 4.83. The van der Waals surface area contributed by atoms with Crippen LogP contribution >= 0.6 is 12.4 Å². The van der Waals surface area contributed by atoms with E-state index in [2.05, 4.69) is 24.5 Å². The highest BCUT2D eigenvalue weighted by molar-refractivity contribution is 6.05. The van der Waals surface area contributed by atoms with Crippen LogP contribution in [0.15, 0.2) is 46.9 Å². The lowest BCUT2D eigenvalue weighted by Gasteiger charge is -2.10. The van der Waals surface area contributed by atoms with Crippen LogP contribution in [0.4, 0.5) is 5.69 Å². The lowest BCUT2D eigenvalue weighted by atomic mass is 10.1. The first-order chi connectivity index (χ1) is 11.6. The first-order valence-electron chi connectivity index (χ1n) is 8.19. The first kappa shape index (κ1) is 19.0. The summed E-state index contributed by atoms with van der Waals surface area (Å²) in [5.74, 6) is 0.0960. The van der Waals surface area contributed by atoms with E-state index in [-0.39, 0.29) is 18.3 Å². The molecule has 5 heteroatoms. The lowest BCUT2D eigenvalue weighted by Crippen LogP contribution is -2.16. The normalized spacial score (nSPS) is 10.5. The molecule has 132 valence electrons. The van der Waals surface area contributed by atoms with Crippen molar-refractivity contribution in [3.05, 3.63) is 64.9 Å². The molecule has 0 aliphatic heterocycles. The van der Waals surface area contributed by atoms with Crippen molar-refractivity contribution in [1.29, 1.82) is 0 Å². The zero-order valence-electron chi connectivity index (χ0n) is 14.7. The van der Waals surface area contributed by atoms with Gasteiger partial charge in [-0.2, -0.15) is 0 Å². The number of benzene rings is 2. The minimum atomic E-state index is -0.231. The molecule has 0 saturated heterocycles. The fraction of sp³-hybridized carbons (Fsp3) is 0.250. The quantitative estimate of drug-likeness (QED) is 0.686. The van der Waals surface area contributed by atoms with E-state index >= 15 is 0 Å². The van der Waals surface area contributed by atoms with Gasteiger partial charge in [0.1, 0.15) is 5.58 Å². The first-order valence-corrected chi connectivity index (χ1v) is 8.19. The summed E-state index contributed by atoms with van der Waals surface area (Å²) in [6.45, 7) is 7.74. The van der Waals surface area contributed by atoms with Gasteiger partial charge in [0.15, 0.2) is 5.76 Å². The largest absolute Gasteiger partial charge is 0.451 e. The average molecular weight is 359 g/mol. The Morgan fingerprint density at radius 3 is 2.56 bits per heavy atom. The molecule has 25 heavy (non-hydrogen) atoms. The molecule has 0 spiro atoms. The maximum Gasteiger partial charge on any atom is 0.291 e. The standard InChI is InChI=1S/C20H22N2O2.ClH/c1-4-21-12-15-7-5-6-8-17(15)22-20(23)19-11-16-9-13(2)14(3)10-18(16)24-19;/h5-11,21H,4,12H2,1-3H3,(H,22,23);1H. The van der Waals surface area contributed by atoms with Crippen molar-refractivity contribution in [3.8, 4) is 0 Å². The summed E-state index contributed by atoms with van der Waals surface area (Å²) in [5.41, 5.74) is 4.93. The number of amides is 1. The number of anilines is 1. The van der Waals surface area contributed by atoms with E-state index < -0.39 is 0 Å². The highest BCUT2D eigenvalue weighted by atomic mass is 35.5. The van der Waals surface area contributed by atoms with Crippen molar-refractivity contribution >= 4 is 35.0 Å². The molecule has 0 aliphatic rings. The fourth-order valence-electron chi connectivity index (χ4n) is 2.65. The summed E-state index contributed by atoms with van der Waals surface area (Å²) >= 11 is 0. The van der Waals surface area contributed by atoms with Gasteiger partial charge < -0.3 is 15.1 Å². The molecule has 3 aromatic rings. The SMILES string of the molecule is CCNCc1ccccc1NC(=O)c1cc2cc(C)c(C)cc2o1.Cl. The van der Waals surface area contributed by atoms with Gasteiger partial charge >= 0.3 is 0 Å². The Hall–Kier alpha value is -2.30. The lowest BCUT2D eigenvalue weighted by molar-refractivity contribution is 0.0998. The van der Waals surface area contributed by atoms with E-state index in [4.69, 9.17) is 4.42 Å². The van der Waals surface area contributed by atoms with Gasteiger partial charge in [0, 0.05) is 17.6 Å². The van der Waals surface area contributed by atoms with Crippen molar-refractivity contribution in [2.75, 3.05) is 11.9 Å². The summed E-state index contributed by atoms with van der Waals surface area (Å²) < 4.78 is 5.73. The van der Waals surface area contributed by atoms with E-state index in [1.807, 2.05) is 43.3 Å². The molecule has 0 radical (unpaired) electrons. The Morgan fingerprint density at radius 2 is 1.80 bits per heavy atom. The third-order valence-electron chi connectivity index (χ3n) is 4.19. The summed E-state index contributed by atoms with van der Waals surface area (Å²) in [6.07, 6.45) is 0. The van der Waals surface area contributed by atoms with Crippen LogP contribution in [0, 0.1) is 13.8 Å². The van der Waals surface area contributed by atoms with Crippen molar-refractivity contribution in [2.24, 2.45) is 0 Å². The molecule has 4 nitrogen and oxygen atoms in total. The highest BCUT2D eigenvalue weighted by Gasteiger charge is 2.14. The Bertz CT molecular complexity index is 848. The Labute approximate surface area is 154 Å². The number of fused-ring (bicyclic) bond motifs is 1. The second-order valence-corrected chi connectivity index (χ2v) is 5.98. The van der Waals surface area contributed by atoms with Crippen LogP contribution in [-0.4, -0.2) is 12.5 Å². The number of aryl methyl sites for hydroxylation is 2. The maximum atomic E-state index is 12.6. The van der Waals surface area contributed by atoms with Gasteiger partial charge in [0.05, 0.1) is 0 Å². The Kier molecular flexibility index (Phi) is 6.23. The third-order valence-corrected chi connectivity index (χ3v) is 4.19. The van der Waals surface area contributed by atoms with Crippen LogP contribution < -0.4 is 10.6 Å². The van der Waals surface area contributed by atoms with E-state index in [1.165, 1.54) is 5.56 Å². The topological polar surface area (TPSA) is 54.3 Å². The van der Waals surface area contributed by atoms with E-state index in [0.29, 0.717) is 12.3 Å². The second kappa shape index (κ2) is 8.19. The number of carbonyl (C=O) groups excluding carboxylic acids is 1. The molecule has 1 amide bonds. The molecule has 0 aliphatic carbocycles. The maximum absolute atomic E-state index is 12.6. The van der Waals surface area contributed by atoms with Gasteiger partial charge in [-0.15, -0.1) is 12.4 Å². The number of carbonyl (C=O) groups is 1. The number of hydrogen-bond donors (Lipinski definition) is 2. The molecule has 0 saturated carbocycles. The number of halogens is 1. The zero-order chi connectivity index (χ0) is 17.1. The molecule has 2 N–H and O–H groups in total.